The van der Waals surface area contributed by atoms with Crippen LogP contribution in [0.25, 0.3) is 10.2 Å². The van der Waals surface area contributed by atoms with Gasteiger partial charge in [0.2, 0.25) is 10.0 Å². The molecule has 0 amide bonds. The van der Waals surface area contributed by atoms with Crippen LogP contribution in [0.1, 0.15) is 38.6 Å². The number of piperidine rings is 1. The number of rotatable bonds is 4. The number of aromatic nitrogens is 1. The molecule has 1 N–H and O–H groups in total. The zero-order valence-electron chi connectivity index (χ0n) is 15.4. The van der Waals surface area contributed by atoms with E-state index in [-0.39, 0.29) is 5.41 Å². The van der Waals surface area contributed by atoms with Gasteiger partial charge in [-0.2, -0.15) is 4.31 Å². The Balaban J connectivity index is 1.85. The molecule has 0 aliphatic carbocycles. The van der Waals surface area contributed by atoms with Crippen LogP contribution in [0.3, 0.4) is 0 Å². The minimum Gasteiger partial charge on any atom is -0.319 e. The van der Waals surface area contributed by atoms with Crippen molar-refractivity contribution in [3.63, 3.8) is 0 Å². The Labute approximate surface area is 154 Å². The van der Waals surface area contributed by atoms with E-state index in [1.165, 1.54) is 0 Å². The van der Waals surface area contributed by atoms with E-state index in [1.807, 2.05) is 13.1 Å². The van der Waals surface area contributed by atoms with E-state index in [2.05, 4.69) is 31.1 Å². The van der Waals surface area contributed by atoms with E-state index in [4.69, 9.17) is 0 Å². The summed E-state index contributed by atoms with van der Waals surface area (Å²) in [5.41, 5.74) is 0.847. The topological polar surface area (TPSA) is 62.3 Å². The van der Waals surface area contributed by atoms with Crippen LogP contribution in [0.15, 0.2) is 23.1 Å². The van der Waals surface area contributed by atoms with Gasteiger partial charge in [-0.3, -0.25) is 0 Å². The molecule has 0 bridgehead atoms. The van der Waals surface area contributed by atoms with E-state index in [9.17, 15) is 8.42 Å². The smallest absolute Gasteiger partial charge is 0.243 e. The van der Waals surface area contributed by atoms with Crippen molar-refractivity contribution >= 4 is 31.6 Å². The van der Waals surface area contributed by atoms with Crippen molar-refractivity contribution < 1.29 is 8.42 Å². The van der Waals surface area contributed by atoms with Gasteiger partial charge in [0.25, 0.3) is 0 Å². The molecule has 1 aromatic heterocycles. The first-order valence-electron chi connectivity index (χ1n) is 8.77. The lowest BCUT2D eigenvalue weighted by Gasteiger charge is -2.31. The molecule has 1 fully saturated rings. The summed E-state index contributed by atoms with van der Waals surface area (Å²) in [4.78, 5) is 5.04. The molecule has 0 radical (unpaired) electrons. The van der Waals surface area contributed by atoms with E-state index in [0.29, 0.717) is 23.9 Å². The van der Waals surface area contributed by atoms with Crippen LogP contribution < -0.4 is 5.32 Å². The summed E-state index contributed by atoms with van der Waals surface area (Å²) >= 11 is 1.59. The molecule has 0 spiro atoms. The van der Waals surface area contributed by atoms with Crippen LogP contribution in [-0.2, 0) is 15.4 Å². The zero-order chi connectivity index (χ0) is 18.2. The Hall–Kier alpha value is -1.02. The van der Waals surface area contributed by atoms with Crippen LogP contribution >= 0.6 is 11.3 Å². The summed E-state index contributed by atoms with van der Waals surface area (Å²) in [5, 5.41) is 4.22. The SMILES string of the molecule is CNCC1CCN(S(=O)(=O)c2ccc3nc(C(C)(C)C)sc3c2)CC1. The number of fused-ring (bicyclic) bond motifs is 1. The van der Waals surface area contributed by atoms with Gasteiger partial charge in [0.05, 0.1) is 20.1 Å². The Bertz CT molecular complexity index is 845. The molecule has 2 aromatic rings. The molecule has 1 aliphatic rings. The zero-order valence-corrected chi connectivity index (χ0v) is 17.0. The molecule has 2 heterocycles. The van der Waals surface area contributed by atoms with Crippen molar-refractivity contribution in [2.45, 2.75) is 43.9 Å². The largest absolute Gasteiger partial charge is 0.319 e. The molecule has 1 aromatic carbocycles. The number of hydrogen-bond acceptors (Lipinski definition) is 5. The molecule has 25 heavy (non-hydrogen) atoms. The van der Waals surface area contributed by atoms with Crippen LogP contribution in [0.2, 0.25) is 0 Å². The summed E-state index contributed by atoms with van der Waals surface area (Å²) in [6, 6.07) is 5.32. The minimum atomic E-state index is -3.43. The highest BCUT2D eigenvalue weighted by Crippen LogP contribution is 2.33. The molecule has 7 heteroatoms. The fraction of sp³-hybridized carbons (Fsp3) is 0.611. The average Bonchev–Trinajstić information content (AvgIpc) is 2.99. The van der Waals surface area contributed by atoms with Crippen LogP contribution in [0.5, 0.6) is 0 Å². The summed E-state index contributed by atoms with van der Waals surface area (Å²) < 4.78 is 28.6. The molecule has 138 valence electrons. The molecule has 1 saturated heterocycles. The molecule has 1 aliphatic heterocycles. The third kappa shape index (κ3) is 3.89. The van der Waals surface area contributed by atoms with E-state index in [0.717, 1.165) is 34.6 Å². The first kappa shape index (κ1) is 18.8. The summed E-state index contributed by atoms with van der Waals surface area (Å²) in [6.45, 7) is 8.52. The predicted molar refractivity (Wildman–Crippen MR) is 104 cm³/mol. The lowest BCUT2D eigenvalue weighted by atomic mass is 9.98. The van der Waals surface area contributed by atoms with Gasteiger partial charge < -0.3 is 5.32 Å². The van der Waals surface area contributed by atoms with E-state index >= 15 is 0 Å². The standard InChI is InChI=1S/C18H27N3O2S2/c1-18(2,3)17-20-15-6-5-14(11-16(15)24-17)25(22,23)21-9-7-13(8-10-21)12-19-4/h5-6,11,13,19H,7-10,12H2,1-4H3. The first-order valence-corrected chi connectivity index (χ1v) is 11.0. The van der Waals surface area contributed by atoms with Gasteiger partial charge in [0, 0.05) is 18.5 Å². The highest BCUT2D eigenvalue weighted by molar-refractivity contribution is 7.89. The molecular weight excluding hydrogens is 354 g/mol. The molecular formula is C18H27N3O2S2. The Kier molecular flexibility index (Phi) is 5.21. The van der Waals surface area contributed by atoms with E-state index < -0.39 is 10.0 Å². The van der Waals surface area contributed by atoms with Gasteiger partial charge in [-0.1, -0.05) is 20.8 Å². The van der Waals surface area contributed by atoms with Gasteiger partial charge >= 0.3 is 0 Å². The number of sulfonamides is 1. The Morgan fingerprint density at radius 1 is 1.28 bits per heavy atom. The predicted octanol–water partition coefficient (Wildman–Crippen LogP) is 3.21. The second-order valence-corrected chi connectivity index (χ2v) is 10.8. The lowest BCUT2D eigenvalue weighted by Crippen LogP contribution is -2.40. The summed E-state index contributed by atoms with van der Waals surface area (Å²) in [7, 11) is -1.48. The fourth-order valence-corrected chi connectivity index (χ4v) is 5.81. The van der Waals surface area contributed by atoms with Crippen molar-refractivity contribution in [3.05, 3.63) is 23.2 Å². The minimum absolute atomic E-state index is 0.0298. The highest BCUT2D eigenvalue weighted by atomic mass is 32.2. The van der Waals surface area contributed by atoms with Crippen molar-refractivity contribution in [2.75, 3.05) is 26.7 Å². The fourth-order valence-electron chi connectivity index (χ4n) is 3.18. The Morgan fingerprint density at radius 2 is 1.96 bits per heavy atom. The number of hydrogen-bond donors (Lipinski definition) is 1. The third-order valence-electron chi connectivity index (χ3n) is 4.71. The summed E-state index contributed by atoms with van der Waals surface area (Å²) in [5.74, 6) is 0.565. The second kappa shape index (κ2) is 6.95. The highest BCUT2D eigenvalue weighted by Gasteiger charge is 2.29. The van der Waals surface area contributed by atoms with Gasteiger partial charge in [-0.05, 0) is 50.6 Å². The number of benzene rings is 1. The normalized spacial score (nSPS) is 18.1. The van der Waals surface area contributed by atoms with E-state index in [1.54, 1.807) is 27.8 Å². The van der Waals surface area contributed by atoms with Gasteiger partial charge in [-0.25, -0.2) is 13.4 Å². The van der Waals surface area contributed by atoms with Crippen molar-refractivity contribution in [3.8, 4) is 0 Å². The maximum atomic E-state index is 13.0. The third-order valence-corrected chi connectivity index (χ3v) is 8.04. The summed E-state index contributed by atoms with van der Waals surface area (Å²) in [6.07, 6.45) is 1.83. The molecule has 0 unspecified atom stereocenters. The first-order chi connectivity index (χ1) is 11.7. The number of thiazole rings is 1. The van der Waals surface area contributed by atoms with Crippen LogP contribution in [-0.4, -0.2) is 44.4 Å². The molecule has 3 rings (SSSR count). The van der Waals surface area contributed by atoms with Crippen molar-refractivity contribution in [1.82, 2.24) is 14.6 Å². The number of nitrogens with zero attached hydrogens (tertiary/aromatic N) is 2. The van der Waals surface area contributed by atoms with Gasteiger partial charge in [-0.15, -0.1) is 11.3 Å². The average molecular weight is 382 g/mol. The maximum absolute atomic E-state index is 13.0. The monoisotopic (exact) mass is 381 g/mol. The van der Waals surface area contributed by atoms with Gasteiger partial charge in [0.15, 0.2) is 0 Å². The number of nitrogens with one attached hydrogen (secondary N) is 1. The molecule has 0 saturated carbocycles. The van der Waals surface area contributed by atoms with Crippen LogP contribution in [0, 0.1) is 5.92 Å². The second-order valence-electron chi connectivity index (χ2n) is 7.80. The van der Waals surface area contributed by atoms with Gasteiger partial charge in [0.1, 0.15) is 0 Å². The van der Waals surface area contributed by atoms with Crippen molar-refractivity contribution in [1.29, 1.82) is 0 Å². The quantitative estimate of drug-likeness (QED) is 0.883. The maximum Gasteiger partial charge on any atom is 0.243 e. The Morgan fingerprint density at radius 3 is 2.56 bits per heavy atom. The van der Waals surface area contributed by atoms with Crippen molar-refractivity contribution in [2.24, 2.45) is 5.92 Å². The lowest BCUT2D eigenvalue weighted by molar-refractivity contribution is 0.270. The van der Waals surface area contributed by atoms with Crippen LogP contribution in [0.4, 0.5) is 0 Å². The molecule has 5 nitrogen and oxygen atoms in total. The molecule has 0 atom stereocenters.